The number of hydrogen-bond acceptors (Lipinski definition) is 4. The molecule has 2 atom stereocenters. The van der Waals surface area contributed by atoms with E-state index in [2.05, 4.69) is 10.6 Å². The highest BCUT2D eigenvalue weighted by molar-refractivity contribution is 6.22. The molecule has 1 saturated heterocycles. The third kappa shape index (κ3) is 3.38. The SMILES string of the molecule is CC1NCCCC1NC(=O)CN1C(=O)c2ccccc2C1=O.Cl. The fourth-order valence-electron chi connectivity index (χ4n) is 3.02. The van der Waals surface area contributed by atoms with Crippen LogP contribution in [0.4, 0.5) is 0 Å². The zero-order valence-corrected chi connectivity index (χ0v) is 13.7. The van der Waals surface area contributed by atoms with Crippen LogP contribution in [0.3, 0.4) is 0 Å². The summed E-state index contributed by atoms with van der Waals surface area (Å²) >= 11 is 0. The molecule has 2 heterocycles. The minimum Gasteiger partial charge on any atom is -0.350 e. The van der Waals surface area contributed by atoms with Crippen LogP contribution >= 0.6 is 12.4 Å². The van der Waals surface area contributed by atoms with Gasteiger partial charge in [-0.15, -0.1) is 12.4 Å². The summed E-state index contributed by atoms with van der Waals surface area (Å²) in [4.78, 5) is 37.6. The van der Waals surface area contributed by atoms with Gasteiger partial charge in [0, 0.05) is 12.1 Å². The Labute approximate surface area is 141 Å². The number of piperidine rings is 1. The van der Waals surface area contributed by atoms with Gasteiger partial charge in [0.1, 0.15) is 6.54 Å². The molecule has 23 heavy (non-hydrogen) atoms. The van der Waals surface area contributed by atoms with Crippen LogP contribution in [-0.4, -0.2) is 47.8 Å². The van der Waals surface area contributed by atoms with Crippen LogP contribution in [0.15, 0.2) is 24.3 Å². The molecule has 1 aromatic rings. The van der Waals surface area contributed by atoms with E-state index >= 15 is 0 Å². The monoisotopic (exact) mass is 337 g/mol. The minimum atomic E-state index is -0.398. The van der Waals surface area contributed by atoms with Crippen molar-refractivity contribution in [2.75, 3.05) is 13.1 Å². The maximum absolute atomic E-state index is 12.2. The van der Waals surface area contributed by atoms with Crippen molar-refractivity contribution in [2.45, 2.75) is 31.8 Å². The molecule has 0 radical (unpaired) electrons. The lowest BCUT2D eigenvalue weighted by atomic mass is 10.00. The number of rotatable bonds is 3. The van der Waals surface area contributed by atoms with E-state index in [1.165, 1.54) is 0 Å². The van der Waals surface area contributed by atoms with Gasteiger partial charge in [-0.3, -0.25) is 19.3 Å². The number of carbonyl (C=O) groups excluding carboxylic acids is 3. The van der Waals surface area contributed by atoms with Crippen LogP contribution in [0.25, 0.3) is 0 Å². The molecular weight excluding hydrogens is 318 g/mol. The van der Waals surface area contributed by atoms with E-state index < -0.39 is 11.8 Å². The van der Waals surface area contributed by atoms with Gasteiger partial charge >= 0.3 is 0 Å². The number of nitrogens with zero attached hydrogens (tertiary/aromatic N) is 1. The molecule has 0 aliphatic carbocycles. The average Bonchev–Trinajstić information content (AvgIpc) is 2.75. The van der Waals surface area contributed by atoms with Crippen molar-refractivity contribution < 1.29 is 14.4 Å². The maximum atomic E-state index is 12.2. The zero-order valence-electron chi connectivity index (χ0n) is 12.9. The Bertz CT molecular complexity index is 600. The number of nitrogens with one attached hydrogen (secondary N) is 2. The van der Waals surface area contributed by atoms with Gasteiger partial charge in [0.2, 0.25) is 5.91 Å². The molecule has 2 unspecified atom stereocenters. The average molecular weight is 338 g/mol. The van der Waals surface area contributed by atoms with Crippen molar-refractivity contribution in [2.24, 2.45) is 0 Å². The second kappa shape index (κ2) is 7.10. The molecule has 0 aromatic heterocycles. The van der Waals surface area contributed by atoms with Crippen LogP contribution in [0.2, 0.25) is 0 Å². The Morgan fingerprint density at radius 2 is 1.87 bits per heavy atom. The van der Waals surface area contributed by atoms with Gasteiger partial charge < -0.3 is 10.6 Å². The van der Waals surface area contributed by atoms with Gasteiger partial charge in [0.25, 0.3) is 11.8 Å². The van der Waals surface area contributed by atoms with Crippen molar-refractivity contribution in [1.82, 2.24) is 15.5 Å². The third-order valence-electron chi connectivity index (χ3n) is 4.29. The molecule has 2 aliphatic heterocycles. The first-order valence-electron chi connectivity index (χ1n) is 7.56. The van der Waals surface area contributed by atoms with Crippen molar-refractivity contribution in [1.29, 1.82) is 0 Å². The molecule has 2 N–H and O–H groups in total. The molecule has 0 spiro atoms. The molecule has 7 heteroatoms. The summed E-state index contributed by atoms with van der Waals surface area (Å²) < 4.78 is 0. The van der Waals surface area contributed by atoms with Crippen LogP contribution in [0, 0.1) is 0 Å². The summed E-state index contributed by atoms with van der Waals surface area (Å²) in [5, 5.41) is 6.22. The molecule has 1 fully saturated rings. The number of imide groups is 1. The van der Waals surface area contributed by atoms with Gasteiger partial charge in [-0.1, -0.05) is 12.1 Å². The quantitative estimate of drug-likeness (QED) is 0.805. The van der Waals surface area contributed by atoms with Crippen molar-refractivity contribution in [3.63, 3.8) is 0 Å². The van der Waals surface area contributed by atoms with Gasteiger partial charge in [-0.2, -0.15) is 0 Å². The predicted molar refractivity (Wildman–Crippen MR) is 87.7 cm³/mol. The smallest absolute Gasteiger partial charge is 0.262 e. The van der Waals surface area contributed by atoms with E-state index in [9.17, 15) is 14.4 Å². The Morgan fingerprint density at radius 3 is 2.43 bits per heavy atom. The summed E-state index contributed by atoms with van der Waals surface area (Å²) in [5.74, 6) is -1.09. The summed E-state index contributed by atoms with van der Waals surface area (Å²) in [6, 6.07) is 6.88. The van der Waals surface area contributed by atoms with E-state index in [1.807, 2.05) is 6.92 Å². The maximum Gasteiger partial charge on any atom is 0.262 e. The lowest BCUT2D eigenvalue weighted by Gasteiger charge is -2.31. The van der Waals surface area contributed by atoms with Crippen LogP contribution in [0.5, 0.6) is 0 Å². The number of fused-ring (bicyclic) bond motifs is 1. The lowest BCUT2D eigenvalue weighted by Crippen LogP contribution is -2.54. The Balaban J connectivity index is 0.00000192. The van der Waals surface area contributed by atoms with Crippen LogP contribution < -0.4 is 10.6 Å². The highest BCUT2D eigenvalue weighted by Gasteiger charge is 2.36. The standard InChI is InChI=1S/C16H19N3O3.ClH/c1-10-13(7-4-8-17-10)18-14(20)9-19-15(21)11-5-2-3-6-12(11)16(19)22;/h2-3,5-6,10,13,17H,4,7-9H2,1H3,(H,18,20);1H. The molecular formula is C16H20ClN3O3. The van der Waals surface area contributed by atoms with Crippen molar-refractivity contribution in [3.8, 4) is 0 Å². The van der Waals surface area contributed by atoms with Crippen LogP contribution in [-0.2, 0) is 4.79 Å². The summed E-state index contributed by atoms with van der Waals surface area (Å²) in [6.45, 7) is 2.74. The number of amides is 3. The molecule has 3 amide bonds. The molecule has 1 aromatic carbocycles. The highest BCUT2D eigenvalue weighted by Crippen LogP contribution is 2.22. The Morgan fingerprint density at radius 1 is 1.26 bits per heavy atom. The van der Waals surface area contributed by atoms with E-state index in [0.717, 1.165) is 24.3 Å². The molecule has 0 bridgehead atoms. The number of benzene rings is 1. The topological polar surface area (TPSA) is 78.5 Å². The van der Waals surface area contributed by atoms with Crippen LogP contribution in [0.1, 0.15) is 40.5 Å². The number of carbonyl (C=O) groups is 3. The summed E-state index contributed by atoms with van der Waals surface area (Å²) in [7, 11) is 0. The second-order valence-corrected chi connectivity index (χ2v) is 5.80. The number of hydrogen-bond donors (Lipinski definition) is 2. The summed E-state index contributed by atoms with van der Waals surface area (Å²) in [6.07, 6.45) is 1.91. The highest BCUT2D eigenvalue weighted by atomic mass is 35.5. The molecule has 0 saturated carbocycles. The first kappa shape index (κ1) is 17.4. The fourth-order valence-corrected chi connectivity index (χ4v) is 3.02. The van der Waals surface area contributed by atoms with Gasteiger partial charge in [-0.25, -0.2) is 0 Å². The Kier molecular flexibility index (Phi) is 5.38. The lowest BCUT2D eigenvalue weighted by molar-refractivity contribution is -0.122. The van der Waals surface area contributed by atoms with Gasteiger partial charge in [-0.05, 0) is 38.4 Å². The van der Waals surface area contributed by atoms with Gasteiger partial charge in [0.05, 0.1) is 11.1 Å². The van der Waals surface area contributed by atoms with Gasteiger partial charge in [0.15, 0.2) is 0 Å². The normalized spacial score (nSPS) is 23.3. The molecule has 6 nitrogen and oxygen atoms in total. The largest absolute Gasteiger partial charge is 0.350 e. The molecule has 3 rings (SSSR count). The minimum absolute atomic E-state index is 0. The van der Waals surface area contributed by atoms with Crippen molar-refractivity contribution in [3.05, 3.63) is 35.4 Å². The van der Waals surface area contributed by atoms with E-state index in [-0.39, 0.29) is 36.9 Å². The first-order chi connectivity index (χ1) is 10.6. The number of halogens is 1. The van der Waals surface area contributed by atoms with E-state index in [1.54, 1.807) is 24.3 Å². The zero-order chi connectivity index (χ0) is 15.7. The van der Waals surface area contributed by atoms with Crippen molar-refractivity contribution >= 4 is 30.1 Å². The second-order valence-electron chi connectivity index (χ2n) is 5.80. The summed E-state index contributed by atoms with van der Waals surface area (Å²) in [5.41, 5.74) is 0.737. The fraction of sp³-hybridized carbons (Fsp3) is 0.438. The van der Waals surface area contributed by atoms with E-state index in [4.69, 9.17) is 0 Å². The molecule has 2 aliphatic rings. The predicted octanol–water partition coefficient (Wildman–Crippen LogP) is 0.961. The Hall–Kier alpha value is -1.92. The first-order valence-corrected chi connectivity index (χ1v) is 7.56. The van der Waals surface area contributed by atoms with E-state index in [0.29, 0.717) is 11.1 Å². The molecule has 124 valence electrons. The third-order valence-corrected chi connectivity index (χ3v) is 4.29.